The zero-order valence-corrected chi connectivity index (χ0v) is 18.5. The molecule has 0 radical (unpaired) electrons. The lowest BCUT2D eigenvalue weighted by molar-refractivity contribution is 1.29. The quantitative estimate of drug-likeness (QED) is 0.253. The molecule has 0 saturated carbocycles. The largest absolute Gasteiger partial charge is 0.255 e. The number of aromatic nitrogens is 2. The van der Waals surface area contributed by atoms with Crippen LogP contribution in [0.4, 0.5) is 0 Å². The molecule has 0 saturated heterocycles. The molecule has 0 unspecified atom stereocenters. The molecule has 0 atom stereocenters. The fraction of sp³-hybridized carbons (Fsp3) is 0. The van der Waals surface area contributed by atoms with Crippen LogP contribution in [0.5, 0.6) is 0 Å². The van der Waals surface area contributed by atoms with Gasteiger partial charge in [0.15, 0.2) is 0 Å². The minimum atomic E-state index is 0.894. The monoisotopic (exact) mass is 438 g/mol. The number of para-hydroxylation sites is 1. The van der Waals surface area contributed by atoms with Crippen molar-refractivity contribution in [1.82, 2.24) is 9.97 Å². The van der Waals surface area contributed by atoms with Gasteiger partial charge < -0.3 is 0 Å². The van der Waals surface area contributed by atoms with Crippen LogP contribution in [0.2, 0.25) is 0 Å². The van der Waals surface area contributed by atoms with E-state index in [0.29, 0.717) is 0 Å². The molecule has 7 rings (SSSR count). The number of pyridine rings is 2. The summed E-state index contributed by atoms with van der Waals surface area (Å²) in [5.74, 6) is 0. The van der Waals surface area contributed by atoms with Crippen LogP contribution in [0.1, 0.15) is 0 Å². The SMILES string of the molecule is c1ccc2c(c1)nc(-c1cc(-c3ccc4c(c3)sc3ccccc34)ccn1)c1ccccc12. The Morgan fingerprint density at radius 3 is 2.12 bits per heavy atom. The Labute approximate surface area is 194 Å². The molecule has 0 aliphatic rings. The first-order valence-corrected chi connectivity index (χ1v) is 11.8. The van der Waals surface area contributed by atoms with E-state index in [2.05, 4.69) is 97.1 Å². The van der Waals surface area contributed by atoms with E-state index in [9.17, 15) is 0 Å². The van der Waals surface area contributed by atoms with Crippen molar-refractivity contribution in [2.75, 3.05) is 0 Å². The van der Waals surface area contributed by atoms with Crippen LogP contribution >= 0.6 is 11.3 Å². The molecular formula is C30H18N2S. The molecular weight excluding hydrogens is 420 g/mol. The minimum Gasteiger partial charge on any atom is -0.255 e. The number of rotatable bonds is 2. The van der Waals surface area contributed by atoms with Gasteiger partial charge in [0.05, 0.1) is 16.9 Å². The molecule has 0 N–H and O–H groups in total. The second-order valence-electron chi connectivity index (χ2n) is 8.26. The highest BCUT2D eigenvalue weighted by Crippen LogP contribution is 2.37. The molecule has 3 heterocycles. The van der Waals surface area contributed by atoms with E-state index >= 15 is 0 Å². The smallest absolute Gasteiger partial charge is 0.0972 e. The third kappa shape index (κ3) is 2.94. The molecule has 0 aliphatic heterocycles. The van der Waals surface area contributed by atoms with Crippen molar-refractivity contribution in [1.29, 1.82) is 0 Å². The summed E-state index contributed by atoms with van der Waals surface area (Å²) >= 11 is 1.85. The first-order valence-electron chi connectivity index (χ1n) is 11.0. The van der Waals surface area contributed by atoms with Gasteiger partial charge in [-0.3, -0.25) is 4.98 Å². The van der Waals surface area contributed by atoms with Gasteiger partial charge in [0.2, 0.25) is 0 Å². The van der Waals surface area contributed by atoms with Crippen molar-refractivity contribution in [3.05, 3.63) is 109 Å². The van der Waals surface area contributed by atoms with Crippen molar-refractivity contribution in [3.63, 3.8) is 0 Å². The Bertz CT molecular complexity index is 1830. The third-order valence-electron chi connectivity index (χ3n) is 6.32. The Hall–Kier alpha value is -4.08. The van der Waals surface area contributed by atoms with Crippen LogP contribution in [-0.2, 0) is 0 Å². The summed E-state index contributed by atoms with van der Waals surface area (Å²) in [5, 5.41) is 6.14. The Balaban J connectivity index is 1.42. The first-order chi connectivity index (χ1) is 16.3. The maximum Gasteiger partial charge on any atom is 0.0972 e. The van der Waals surface area contributed by atoms with Gasteiger partial charge in [-0.1, -0.05) is 72.8 Å². The fourth-order valence-corrected chi connectivity index (χ4v) is 5.89. The molecule has 154 valence electrons. The van der Waals surface area contributed by atoms with Gasteiger partial charge in [0, 0.05) is 37.1 Å². The summed E-state index contributed by atoms with van der Waals surface area (Å²) in [6.45, 7) is 0. The summed E-state index contributed by atoms with van der Waals surface area (Å²) in [4.78, 5) is 9.76. The van der Waals surface area contributed by atoms with Gasteiger partial charge in [-0.25, -0.2) is 4.98 Å². The van der Waals surface area contributed by atoms with E-state index in [0.717, 1.165) is 27.9 Å². The van der Waals surface area contributed by atoms with E-state index in [4.69, 9.17) is 9.97 Å². The predicted molar refractivity (Wildman–Crippen MR) is 141 cm³/mol. The highest BCUT2D eigenvalue weighted by Gasteiger charge is 2.12. The van der Waals surface area contributed by atoms with Crippen LogP contribution < -0.4 is 0 Å². The van der Waals surface area contributed by atoms with Crippen molar-refractivity contribution in [2.24, 2.45) is 0 Å². The number of thiophene rings is 1. The van der Waals surface area contributed by atoms with E-state index in [1.165, 1.54) is 36.5 Å². The lowest BCUT2D eigenvalue weighted by Gasteiger charge is -2.10. The second kappa shape index (κ2) is 7.22. The molecule has 33 heavy (non-hydrogen) atoms. The Morgan fingerprint density at radius 1 is 0.515 bits per heavy atom. The van der Waals surface area contributed by atoms with Gasteiger partial charge in [0.25, 0.3) is 0 Å². The summed E-state index contributed by atoms with van der Waals surface area (Å²) in [7, 11) is 0. The average Bonchev–Trinajstić information content (AvgIpc) is 3.26. The third-order valence-corrected chi connectivity index (χ3v) is 7.46. The van der Waals surface area contributed by atoms with Crippen LogP contribution in [0.25, 0.3) is 64.4 Å². The fourth-order valence-electron chi connectivity index (χ4n) is 4.74. The Kier molecular flexibility index (Phi) is 4.05. The molecule has 0 bridgehead atoms. The molecule has 4 aromatic carbocycles. The highest BCUT2D eigenvalue weighted by atomic mass is 32.1. The summed E-state index contributed by atoms with van der Waals surface area (Å²) in [5.41, 5.74) is 5.16. The summed E-state index contributed by atoms with van der Waals surface area (Å²) in [6.07, 6.45) is 1.89. The highest BCUT2D eigenvalue weighted by molar-refractivity contribution is 7.25. The van der Waals surface area contributed by atoms with Crippen molar-refractivity contribution in [3.8, 4) is 22.5 Å². The molecule has 2 nitrogen and oxygen atoms in total. The standard InChI is InChI=1S/C30H18N2S/c1-2-10-25-21(7-1)22-8-3-5-11-26(22)32-30(25)27-17-20(15-16-31-27)19-13-14-24-23-9-4-6-12-28(23)33-29(24)18-19/h1-18H. The zero-order valence-electron chi connectivity index (χ0n) is 17.7. The van der Waals surface area contributed by atoms with E-state index < -0.39 is 0 Å². The lowest BCUT2D eigenvalue weighted by atomic mass is 10.00. The van der Waals surface area contributed by atoms with E-state index in [1.54, 1.807) is 0 Å². The minimum absolute atomic E-state index is 0.894. The van der Waals surface area contributed by atoms with Crippen LogP contribution in [0, 0.1) is 0 Å². The maximum absolute atomic E-state index is 5.03. The summed E-state index contributed by atoms with van der Waals surface area (Å²) < 4.78 is 2.63. The Morgan fingerprint density at radius 2 is 1.21 bits per heavy atom. The molecule has 3 heteroatoms. The van der Waals surface area contributed by atoms with Gasteiger partial charge in [-0.15, -0.1) is 11.3 Å². The zero-order chi connectivity index (χ0) is 21.8. The van der Waals surface area contributed by atoms with E-state index in [-0.39, 0.29) is 0 Å². The maximum atomic E-state index is 5.03. The van der Waals surface area contributed by atoms with Crippen LogP contribution in [0.3, 0.4) is 0 Å². The average molecular weight is 439 g/mol. The molecule has 7 aromatic rings. The normalized spacial score (nSPS) is 11.6. The molecule has 0 fully saturated rings. The number of hydrogen-bond donors (Lipinski definition) is 0. The number of fused-ring (bicyclic) bond motifs is 6. The predicted octanol–water partition coefficient (Wildman–Crippen LogP) is 8.48. The van der Waals surface area contributed by atoms with Crippen LogP contribution in [0.15, 0.2) is 109 Å². The van der Waals surface area contributed by atoms with E-state index in [1.807, 2.05) is 23.6 Å². The lowest BCUT2D eigenvalue weighted by Crippen LogP contribution is -1.92. The molecule has 0 spiro atoms. The number of benzene rings is 4. The number of hydrogen-bond acceptors (Lipinski definition) is 3. The van der Waals surface area contributed by atoms with Gasteiger partial charge >= 0.3 is 0 Å². The first kappa shape index (κ1) is 18.5. The van der Waals surface area contributed by atoms with Gasteiger partial charge in [-0.2, -0.15) is 0 Å². The van der Waals surface area contributed by atoms with Crippen molar-refractivity contribution in [2.45, 2.75) is 0 Å². The van der Waals surface area contributed by atoms with Gasteiger partial charge in [-0.05, 0) is 46.8 Å². The topological polar surface area (TPSA) is 25.8 Å². The molecule has 0 amide bonds. The van der Waals surface area contributed by atoms with Crippen molar-refractivity contribution < 1.29 is 0 Å². The second-order valence-corrected chi connectivity index (χ2v) is 9.35. The number of nitrogens with zero attached hydrogens (tertiary/aromatic N) is 2. The molecule has 3 aromatic heterocycles. The van der Waals surface area contributed by atoms with Gasteiger partial charge in [0.1, 0.15) is 0 Å². The molecule has 0 aliphatic carbocycles. The van der Waals surface area contributed by atoms with Crippen molar-refractivity contribution >= 4 is 53.2 Å². The van der Waals surface area contributed by atoms with Crippen LogP contribution in [-0.4, -0.2) is 9.97 Å². The summed E-state index contributed by atoms with van der Waals surface area (Å²) in [6, 6.07) is 36.4.